The minimum atomic E-state index is 0.250. The average molecular weight is 290 g/mol. The lowest BCUT2D eigenvalue weighted by molar-refractivity contribution is -0.854. The van der Waals surface area contributed by atoms with E-state index in [1.807, 2.05) is 24.3 Å². The van der Waals surface area contributed by atoms with Crippen molar-refractivity contribution in [1.82, 2.24) is 0 Å². The minimum absolute atomic E-state index is 0.250. The summed E-state index contributed by atoms with van der Waals surface area (Å²) in [6, 6.07) is 16.3. The first-order valence-electron chi connectivity index (χ1n) is 6.13. The van der Waals surface area contributed by atoms with Crippen molar-refractivity contribution in [3.8, 4) is 0 Å². The van der Waals surface area contributed by atoms with Gasteiger partial charge in [-0.1, -0.05) is 60.2 Å². The smallest absolute Gasteiger partial charge is 0.121 e. The molecule has 0 bridgehead atoms. The molecule has 19 heavy (non-hydrogen) atoms. The van der Waals surface area contributed by atoms with Crippen LogP contribution in [-0.2, 0) is 0 Å². The van der Waals surface area contributed by atoms with E-state index in [0.717, 1.165) is 10.0 Å². The van der Waals surface area contributed by atoms with Crippen molar-refractivity contribution in [3.63, 3.8) is 0 Å². The van der Waals surface area contributed by atoms with E-state index in [2.05, 4.69) is 43.1 Å². The Morgan fingerprint density at radius 3 is 1.53 bits per heavy atom. The Morgan fingerprint density at radius 1 is 0.789 bits per heavy atom. The van der Waals surface area contributed by atoms with Crippen LogP contribution in [0.25, 0.3) is 0 Å². The van der Waals surface area contributed by atoms with E-state index in [-0.39, 0.29) is 6.04 Å². The molecule has 1 aliphatic heterocycles. The predicted molar refractivity (Wildman–Crippen MR) is 79.1 cm³/mol. The maximum atomic E-state index is 5.96. The molecule has 0 aliphatic carbocycles. The second kappa shape index (κ2) is 5.30. The maximum absolute atomic E-state index is 5.96. The second-order valence-electron chi connectivity index (χ2n) is 4.56. The van der Waals surface area contributed by atoms with Crippen molar-refractivity contribution in [1.29, 1.82) is 0 Å². The SMILES string of the molecule is Clc1ccc(C(c2ccc(Cl)cc2)[NH+]2C=C[CH-]2)cc1. The van der Waals surface area contributed by atoms with E-state index in [1.165, 1.54) is 16.0 Å². The van der Waals surface area contributed by atoms with Crippen molar-refractivity contribution in [3.05, 3.63) is 88.5 Å². The lowest BCUT2D eigenvalue weighted by atomic mass is 9.96. The first-order chi connectivity index (χ1) is 9.24. The van der Waals surface area contributed by atoms with Crippen molar-refractivity contribution in [2.45, 2.75) is 6.04 Å². The standard InChI is InChI=1S/C16H13Cl2N/c17-14-6-2-12(3-7-14)16(19-10-1-11-19)13-4-8-15(18)9-5-13/h1-11,16,19H. The van der Waals surface area contributed by atoms with Crippen LogP contribution in [0.2, 0.25) is 10.0 Å². The topological polar surface area (TPSA) is 4.44 Å². The van der Waals surface area contributed by atoms with E-state index < -0.39 is 0 Å². The summed E-state index contributed by atoms with van der Waals surface area (Å²) in [6.07, 6.45) is 4.21. The fraction of sp³-hybridized carbons (Fsp3) is 0.0625. The third kappa shape index (κ3) is 2.64. The first-order valence-corrected chi connectivity index (χ1v) is 6.89. The summed E-state index contributed by atoms with van der Waals surface area (Å²) < 4.78 is 0. The molecule has 0 radical (unpaired) electrons. The predicted octanol–water partition coefficient (Wildman–Crippen LogP) is 3.66. The molecule has 2 aromatic carbocycles. The molecule has 3 heteroatoms. The summed E-state index contributed by atoms with van der Waals surface area (Å²) in [5, 5.41) is 1.52. The summed E-state index contributed by atoms with van der Waals surface area (Å²) >= 11 is 11.9. The van der Waals surface area contributed by atoms with Crippen LogP contribution in [0.3, 0.4) is 0 Å². The van der Waals surface area contributed by atoms with Crippen LogP contribution in [0.4, 0.5) is 0 Å². The number of rotatable bonds is 3. The molecule has 0 spiro atoms. The number of benzene rings is 2. The quantitative estimate of drug-likeness (QED) is 0.823. The zero-order chi connectivity index (χ0) is 13.2. The molecule has 3 rings (SSSR count). The molecule has 0 aromatic heterocycles. The lowest BCUT2D eigenvalue weighted by Gasteiger charge is -2.37. The Hall–Kier alpha value is -1.41. The van der Waals surface area contributed by atoms with Gasteiger partial charge in [-0.25, -0.2) is 0 Å². The molecular weight excluding hydrogens is 277 g/mol. The molecule has 96 valence electrons. The molecule has 2 aromatic rings. The van der Waals surface area contributed by atoms with Crippen molar-refractivity contribution >= 4 is 23.2 Å². The van der Waals surface area contributed by atoms with Crippen molar-refractivity contribution < 1.29 is 4.90 Å². The molecule has 0 saturated carbocycles. The highest BCUT2D eigenvalue weighted by Gasteiger charge is 2.22. The van der Waals surface area contributed by atoms with E-state index in [0.29, 0.717) is 0 Å². The van der Waals surface area contributed by atoms with E-state index >= 15 is 0 Å². The van der Waals surface area contributed by atoms with E-state index in [9.17, 15) is 0 Å². The minimum Gasteiger partial charge on any atom is -0.415 e. The van der Waals surface area contributed by atoms with Crippen molar-refractivity contribution in [2.24, 2.45) is 0 Å². The number of quaternary nitrogens is 1. The highest BCUT2D eigenvalue weighted by atomic mass is 35.5. The van der Waals surface area contributed by atoms with Crippen LogP contribution in [0.5, 0.6) is 0 Å². The van der Waals surface area contributed by atoms with E-state index in [1.54, 1.807) is 0 Å². The molecule has 0 amide bonds. The Morgan fingerprint density at radius 2 is 1.21 bits per heavy atom. The fourth-order valence-corrected chi connectivity index (χ4v) is 2.54. The van der Waals surface area contributed by atoms with Crippen LogP contribution >= 0.6 is 23.2 Å². The number of halogens is 2. The molecule has 1 heterocycles. The molecule has 0 fully saturated rings. The van der Waals surface area contributed by atoms with Gasteiger partial charge in [-0.05, 0) is 24.3 Å². The Kier molecular flexibility index (Phi) is 3.52. The van der Waals surface area contributed by atoms with Crippen LogP contribution < -0.4 is 4.90 Å². The summed E-state index contributed by atoms with van der Waals surface area (Å²) in [4.78, 5) is 1.31. The van der Waals surface area contributed by atoms with Crippen LogP contribution in [0, 0.1) is 6.54 Å². The number of nitrogens with one attached hydrogen (secondary N) is 1. The van der Waals surface area contributed by atoms with Gasteiger partial charge in [0.25, 0.3) is 0 Å². The largest absolute Gasteiger partial charge is 0.415 e. The monoisotopic (exact) mass is 289 g/mol. The fourth-order valence-electron chi connectivity index (χ4n) is 2.29. The Balaban J connectivity index is 2.00. The molecule has 1 atom stereocenters. The van der Waals surface area contributed by atoms with Gasteiger partial charge in [-0.15, -0.1) is 6.08 Å². The lowest BCUT2D eigenvalue weighted by Crippen LogP contribution is -3.08. The number of hydrogen-bond donors (Lipinski definition) is 1. The highest BCUT2D eigenvalue weighted by molar-refractivity contribution is 6.30. The zero-order valence-electron chi connectivity index (χ0n) is 10.2. The Bertz CT molecular complexity index is 542. The van der Waals surface area contributed by atoms with Crippen LogP contribution in [0.1, 0.15) is 17.2 Å². The second-order valence-corrected chi connectivity index (χ2v) is 5.43. The van der Waals surface area contributed by atoms with Gasteiger partial charge in [0, 0.05) is 21.2 Å². The molecule has 1 nitrogen and oxygen atoms in total. The van der Waals surface area contributed by atoms with Crippen LogP contribution in [-0.4, -0.2) is 0 Å². The van der Waals surface area contributed by atoms with Crippen molar-refractivity contribution in [2.75, 3.05) is 0 Å². The third-order valence-corrected chi connectivity index (χ3v) is 3.82. The highest BCUT2D eigenvalue weighted by Crippen LogP contribution is 2.23. The summed E-state index contributed by atoms with van der Waals surface area (Å²) in [7, 11) is 0. The number of hydrogen-bond acceptors (Lipinski definition) is 0. The van der Waals surface area contributed by atoms with Gasteiger partial charge < -0.3 is 4.90 Å². The summed E-state index contributed by atoms with van der Waals surface area (Å²) in [6.45, 7) is 2.15. The molecule has 0 saturated heterocycles. The molecule has 1 N–H and O–H groups in total. The van der Waals surface area contributed by atoms with Gasteiger partial charge in [0.2, 0.25) is 0 Å². The summed E-state index contributed by atoms with van der Waals surface area (Å²) in [5.74, 6) is 0. The van der Waals surface area contributed by atoms with Gasteiger partial charge in [0.05, 0.1) is 0 Å². The van der Waals surface area contributed by atoms with Gasteiger partial charge in [-0.3, -0.25) is 0 Å². The molecule has 1 aliphatic rings. The third-order valence-electron chi connectivity index (χ3n) is 3.32. The van der Waals surface area contributed by atoms with Gasteiger partial charge in [-0.2, -0.15) is 0 Å². The average Bonchev–Trinajstić information content (AvgIpc) is 2.36. The normalized spacial score (nSPS) is 17.1. The molecular formula is C16H13Cl2N. The van der Waals surface area contributed by atoms with Gasteiger partial charge in [0.15, 0.2) is 0 Å². The Labute approximate surface area is 123 Å². The van der Waals surface area contributed by atoms with E-state index in [4.69, 9.17) is 23.2 Å². The molecule has 1 unspecified atom stereocenters. The van der Waals surface area contributed by atoms with Gasteiger partial charge >= 0.3 is 0 Å². The maximum Gasteiger partial charge on any atom is 0.121 e. The zero-order valence-corrected chi connectivity index (χ0v) is 11.7. The summed E-state index contributed by atoms with van der Waals surface area (Å²) in [5.41, 5.74) is 2.48. The van der Waals surface area contributed by atoms with Gasteiger partial charge in [0.1, 0.15) is 6.04 Å². The first kappa shape index (κ1) is 12.6. The van der Waals surface area contributed by atoms with Crippen LogP contribution in [0.15, 0.2) is 60.8 Å².